The van der Waals surface area contributed by atoms with Crippen molar-refractivity contribution in [2.24, 2.45) is 0 Å². The first-order chi connectivity index (χ1) is 10.1. The number of nitrogens with one attached hydrogen (secondary N) is 1. The summed E-state index contributed by atoms with van der Waals surface area (Å²) in [6, 6.07) is 7.38. The third kappa shape index (κ3) is 4.14. The molecule has 1 aliphatic carbocycles. The summed E-state index contributed by atoms with van der Waals surface area (Å²) in [6.07, 6.45) is 0.745. The van der Waals surface area contributed by atoms with Crippen LogP contribution < -0.4 is 10.1 Å². The summed E-state index contributed by atoms with van der Waals surface area (Å²) in [7, 11) is 0. The number of rotatable bonds is 6. The summed E-state index contributed by atoms with van der Waals surface area (Å²) in [5.41, 5.74) is -0.0181. The zero-order valence-electron chi connectivity index (χ0n) is 12.8. The Morgan fingerprint density at radius 2 is 1.86 bits per heavy atom. The van der Waals surface area contributed by atoms with Crippen LogP contribution in [-0.4, -0.2) is 28.2 Å². The van der Waals surface area contributed by atoms with Crippen LogP contribution in [0.3, 0.4) is 0 Å². The van der Waals surface area contributed by atoms with Crippen molar-refractivity contribution < 1.29 is 14.3 Å². The Morgan fingerprint density at radius 1 is 1.32 bits per heavy atom. The van der Waals surface area contributed by atoms with E-state index in [9.17, 15) is 9.59 Å². The first-order valence-corrected chi connectivity index (χ1v) is 7.82. The average molecular weight is 344 g/mol. The number of hydrogen-bond donors (Lipinski definition) is 1. The van der Waals surface area contributed by atoms with Gasteiger partial charge in [-0.2, -0.15) is 0 Å². The summed E-state index contributed by atoms with van der Waals surface area (Å²) in [4.78, 5) is 22.9. The summed E-state index contributed by atoms with van der Waals surface area (Å²) in [5, 5.41) is 2.54. The van der Waals surface area contributed by atoms with Crippen molar-refractivity contribution in [3.8, 4) is 5.75 Å². The minimum Gasteiger partial charge on any atom is -0.478 e. The van der Waals surface area contributed by atoms with E-state index in [0.717, 1.165) is 12.0 Å². The molecule has 0 radical (unpaired) electrons. The van der Waals surface area contributed by atoms with Gasteiger partial charge in [0.05, 0.1) is 6.54 Å². The van der Waals surface area contributed by atoms with Crippen LogP contribution in [0.15, 0.2) is 24.3 Å². The summed E-state index contributed by atoms with van der Waals surface area (Å²) >= 11 is 12.1. The number of benzene rings is 1. The van der Waals surface area contributed by atoms with Crippen LogP contribution in [0.2, 0.25) is 0 Å². The van der Waals surface area contributed by atoms with Gasteiger partial charge in [-0.25, -0.2) is 0 Å². The standard InChI is InChI=1S/C16H19Cl2NO3/c1-10(20)9-19-14(21)15(2,3)22-12-6-4-11(5-7-12)13-8-16(13,17)18/h4-7,13H,8-9H2,1-3H3,(H,19,21). The second kappa shape index (κ2) is 6.09. The molecule has 0 bridgehead atoms. The number of alkyl halides is 2. The molecule has 1 atom stereocenters. The SMILES string of the molecule is CC(=O)CNC(=O)C(C)(C)Oc1ccc(C2CC2(Cl)Cl)cc1. The fourth-order valence-electron chi connectivity index (χ4n) is 2.10. The Morgan fingerprint density at radius 3 is 2.32 bits per heavy atom. The molecule has 1 aromatic carbocycles. The van der Waals surface area contributed by atoms with E-state index in [4.69, 9.17) is 27.9 Å². The maximum absolute atomic E-state index is 12.0. The summed E-state index contributed by atoms with van der Waals surface area (Å²) < 4.78 is 5.06. The molecule has 1 amide bonds. The van der Waals surface area contributed by atoms with Gasteiger partial charge in [-0.05, 0) is 44.9 Å². The van der Waals surface area contributed by atoms with Gasteiger partial charge in [0.1, 0.15) is 15.9 Å². The highest BCUT2D eigenvalue weighted by molar-refractivity contribution is 6.51. The Balaban J connectivity index is 1.97. The van der Waals surface area contributed by atoms with Crippen molar-refractivity contribution in [1.82, 2.24) is 5.32 Å². The van der Waals surface area contributed by atoms with Crippen LogP contribution in [-0.2, 0) is 9.59 Å². The topological polar surface area (TPSA) is 55.4 Å². The van der Waals surface area contributed by atoms with Gasteiger partial charge in [0, 0.05) is 5.92 Å². The molecule has 120 valence electrons. The van der Waals surface area contributed by atoms with Gasteiger partial charge in [0.25, 0.3) is 5.91 Å². The van der Waals surface area contributed by atoms with Crippen LogP contribution in [0, 0.1) is 0 Å². The maximum atomic E-state index is 12.0. The second-order valence-corrected chi connectivity index (χ2v) is 7.63. The van der Waals surface area contributed by atoms with Crippen LogP contribution in [0.1, 0.15) is 38.7 Å². The molecule has 4 nitrogen and oxygen atoms in total. The molecule has 0 aliphatic heterocycles. The third-order valence-electron chi connectivity index (χ3n) is 3.53. The zero-order chi connectivity index (χ0) is 16.5. The lowest BCUT2D eigenvalue weighted by Gasteiger charge is -2.25. The third-order valence-corrected chi connectivity index (χ3v) is 4.36. The Kier molecular flexibility index (Phi) is 4.73. The lowest BCUT2D eigenvalue weighted by Crippen LogP contribution is -2.47. The van der Waals surface area contributed by atoms with Crippen LogP contribution in [0.25, 0.3) is 0 Å². The van der Waals surface area contributed by atoms with Crippen LogP contribution >= 0.6 is 23.2 Å². The molecule has 1 saturated carbocycles. The number of halogens is 2. The van der Waals surface area contributed by atoms with Crippen molar-refractivity contribution >= 4 is 34.9 Å². The largest absolute Gasteiger partial charge is 0.478 e. The number of ketones is 1. The fourth-order valence-corrected chi connectivity index (χ4v) is 2.66. The molecule has 1 aromatic rings. The fraction of sp³-hybridized carbons (Fsp3) is 0.500. The van der Waals surface area contributed by atoms with Gasteiger partial charge in [0.15, 0.2) is 5.60 Å². The van der Waals surface area contributed by atoms with E-state index in [0.29, 0.717) is 5.75 Å². The molecule has 1 N–H and O–H groups in total. The molecule has 1 fully saturated rings. The normalized spacial score (nSPS) is 19.4. The smallest absolute Gasteiger partial charge is 0.263 e. The number of amides is 1. The molecule has 22 heavy (non-hydrogen) atoms. The molecule has 0 heterocycles. The van der Waals surface area contributed by atoms with Crippen molar-refractivity contribution in [3.63, 3.8) is 0 Å². The van der Waals surface area contributed by atoms with Gasteiger partial charge < -0.3 is 10.1 Å². The predicted octanol–water partition coefficient (Wildman–Crippen LogP) is 3.21. The summed E-state index contributed by atoms with van der Waals surface area (Å²) in [5.74, 6) is 0.275. The van der Waals surface area contributed by atoms with E-state index in [1.54, 1.807) is 26.0 Å². The molecule has 0 aromatic heterocycles. The minimum absolute atomic E-state index is 0.000230. The molecular formula is C16H19Cl2NO3. The number of Topliss-reactive ketones (excluding diaryl/α,β-unsaturated/α-hetero) is 1. The molecular weight excluding hydrogens is 325 g/mol. The molecule has 2 rings (SSSR count). The Labute approximate surface area is 140 Å². The first kappa shape index (κ1) is 17.1. The van der Waals surface area contributed by atoms with E-state index >= 15 is 0 Å². The lowest BCUT2D eigenvalue weighted by atomic mass is 10.1. The Hall–Kier alpha value is -1.26. The monoisotopic (exact) mass is 343 g/mol. The number of carbonyl (C=O) groups excluding carboxylic acids is 2. The first-order valence-electron chi connectivity index (χ1n) is 7.06. The number of ether oxygens (including phenoxy) is 1. The lowest BCUT2D eigenvalue weighted by molar-refractivity contribution is -0.135. The maximum Gasteiger partial charge on any atom is 0.263 e. The van der Waals surface area contributed by atoms with Gasteiger partial charge in [-0.15, -0.1) is 23.2 Å². The van der Waals surface area contributed by atoms with Gasteiger partial charge in [0.2, 0.25) is 0 Å². The Bertz CT molecular complexity index is 582. The predicted molar refractivity (Wildman–Crippen MR) is 86.6 cm³/mol. The van der Waals surface area contributed by atoms with Crippen molar-refractivity contribution in [1.29, 1.82) is 0 Å². The highest BCUT2D eigenvalue weighted by atomic mass is 35.5. The second-order valence-electron chi connectivity index (χ2n) is 6.08. The molecule has 1 unspecified atom stereocenters. The zero-order valence-corrected chi connectivity index (χ0v) is 14.3. The molecule has 6 heteroatoms. The van der Waals surface area contributed by atoms with Crippen molar-refractivity contribution in [2.45, 2.75) is 43.0 Å². The molecule has 0 saturated heterocycles. The van der Waals surface area contributed by atoms with E-state index in [1.807, 2.05) is 12.1 Å². The highest BCUT2D eigenvalue weighted by Crippen LogP contribution is 2.59. The van der Waals surface area contributed by atoms with Crippen LogP contribution in [0.4, 0.5) is 0 Å². The number of hydrogen-bond acceptors (Lipinski definition) is 3. The molecule has 0 spiro atoms. The molecule has 1 aliphatic rings. The van der Waals surface area contributed by atoms with E-state index < -0.39 is 9.93 Å². The number of carbonyl (C=O) groups is 2. The van der Waals surface area contributed by atoms with E-state index in [-0.39, 0.29) is 24.2 Å². The van der Waals surface area contributed by atoms with Gasteiger partial charge in [-0.1, -0.05) is 12.1 Å². The van der Waals surface area contributed by atoms with Crippen molar-refractivity contribution in [2.75, 3.05) is 6.54 Å². The minimum atomic E-state index is -1.07. The van der Waals surface area contributed by atoms with Crippen LogP contribution in [0.5, 0.6) is 5.75 Å². The van der Waals surface area contributed by atoms with E-state index in [2.05, 4.69) is 5.32 Å². The average Bonchev–Trinajstić information content (AvgIpc) is 3.05. The summed E-state index contributed by atoms with van der Waals surface area (Å²) in [6.45, 7) is 4.72. The van der Waals surface area contributed by atoms with Gasteiger partial charge >= 0.3 is 0 Å². The quantitative estimate of drug-likeness (QED) is 0.807. The van der Waals surface area contributed by atoms with Crippen molar-refractivity contribution in [3.05, 3.63) is 29.8 Å². The van der Waals surface area contributed by atoms with Gasteiger partial charge in [-0.3, -0.25) is 9.59 Å². The highest BCUT2D eigenvalue weighted by Gasteiger charge is 2.52. The van der Waals surface area contributed by atoms with E-state index in [1.165, 1.54) is 6.92 Å².